The molecule has 1 N–H and O–H groups in total. The molecule has 0 unspecified atom stereocenters. The van der Waals surface area contributed by atoms with E-state index in [0.29, 0.717) is 17.0 Å². The lowest BCUT2D eigenvalue weighted by molar-refractivity contribution is -0.385. The number of carbonyl (C=O) groups is 1. The lowest BCUT2D eigenvalue weighted by atomic mass is 9.98. The van der Waals surface area contributed by atoms with Gasteiger partial charge in [-0.1, -0.05) is 13.0 Å². The maximum atomic E-state index is 12.6. The highest BCUT2D eigenvalue weighted by molar-refractivity contribution is 7.92. The maximum Gasteiger partial charge on any atom is 0.273 e. The van der Waals surface area contributed by atoms with Gasteiger partial charge in [0.15, 0.2) is 0 Å². The number of rotatable bonds is 5. The molecule has 2 aromatic rings. The topological polar surface area (TPSA) is 110 Å². The number of nitro benzene ring substituents is 1. The van der Waals surface area contributed by atoms with Crippen molar-refractivity contribution >= 4 is 27.3 Å². The maximum absolute atomic E-state index is 12.6. The highest BCUT2D eigenvalue weighted by Crippen LogP contribution is 2.24. The summed E-state index contributed by atoms with van der Waals surface area (Å²) in [6, 6.07) is 9.94. The number of amides is 1. The van der Waals surface area contributed by atoms with Gasteiger partial charge in [-0.15, -0.1) is 0 Å². The molecule has 0 spiro atoms. The van der Waals surface area contributed by atoms with Gasteiger partial charge < -0.3 is 4.90 Å². The summed E-state index contributed by atoms with van der Waals surface area (Å²) >= 11 is 0. The second-order valence-electron chi connectivity index (χ2n) is 7.36. The van der Waals surface area contributed by atoms with E-state index < -0.39 is 14.9 Å². The minimum atomic E-state index is -4.00. The summed E-state index contributed by atoms with van der Waals surface area (Å²) in [5, 5.41) is 11.1. The molecule has 8 nitrogen and oxygen atoms in total. The first kappa shape index (κ1) is 20.8. The van der Waals surface area contributed by atoms with E-state index in [2.05, 4.69) is 11.6 Å². The molecule has 154 valence electrons. The number of anilines is 1. The number of carbonyl (C=O) groups excluding carboxylic acids is 1. The van der Waals surface area contributed by atoms with Crippen molar-refractivity contribution in [3.05, 3.63) is 63.7 Å². The van der Waals surface area contributed by atoms with Crippen LogP contribution in [0.3, 0.4) is 0 Å². The number of likely N-dealkylation sites (tertiary alicyclic amines) is 1. The lowest BCUT2D eigenvalue weighted by Gasteiger charge is -2.30. The van der Waals surface area contributed by atoms with Gasteiger partial charge in [0.2, 0.25) is 0 Å². The number of aryl methyl sites for hydroxylation is 1. The summed E-state index contributed by atoms with van der Waals surface area (Å²) in [7, 11) is -4.00. The normalized spacial score (nSPS) is 15.2. The summed E-state index contributed by atoms with van der Waals surface area (Å²) in [4.78, 5) is 24.6. The molecule has 2 aromatic carbocycles. The first-order valence-corrected chi connectivity index (χ1v) is 10.8. The van der Waals surface area contributed by atoms with Crippen LogP contribution in [0.4, 0.5) is 11.4 Å². The molecule has 0 bridgehead atoms. The van der Waals surface area contributed by atoms with Gasteiger partial charge in [-0.05, 0) is 56.0 Å². The molecule has 9 heteroatoms. The number of piperidine rings is 1. The fraction of sp³-hybridized carbons (Fsp3) is 0.350. The van der Waals surface area contributed by atoms with Crippen LogP contribution < -0.4 is 4.72 Å². The number of nitrogens with zero attached hydrogens (tertiary/aromatic N) is 2. The number of nitrogens with one attached hydrogen (secondary N) is 1. The Hall–Kier alpha value is -2.94. The molecule has 3 rings (SSSR count). The predicted molar refractivity (Wildman–Crippen MR) is 109 cm³/mol. The zero-order valence-electron chi connectivity index (χ0n) is 16.3. The van der Waals surface area contributed by atoms with E-state index >= 15 is 0 Å². The second-order valence-corrected chi connectivity index (χ2v) is 9.05. The van der Waals surface area contributed by atoms with E-state index in [1.165, 1.54) is 24.3 Å². The molecule has 29 heavy (non-hydrogen) atoms. The molecule has 1 amide bonds. The monoisotopic (exact) mass is 417 g/mol. The molecule has 1 aliphatic heterocycles. The summed E-state index contributed by atoms with van der Waals surface area (Å²) < 4.78 is 27.5. The Kier molecular flexibility index (Phi) is 5.88. The lowest BCUT2D eigenvalue weighted by Crippen LogP contribution is -2.37. The highest BCUT2D eigenvalue weighted by atomic mass is 32.2. The van der Waals surface area contributed by atoms with Crippen molar-refractivity contribution in [3.63, 3.8) is 0 Å². The van der Waals surface area contributed by atoms with E-state index in [-0.39, 0.29) is 22.2 Å². The van der Waals surface area contributed by atoms with Crippen LogP contribution >= 0.6 is 0 Å². The average Bonchev–Trinajstić information content (AvgIpc) is 2.68. The van der Waals surface area contributed by atoms with E-state index in [1.54, 1.807) is 19.1 Å². The molecule has 0 aliphatic carbocycles. The molecule has 0 radical (unpaired) electrons. The van der Waals surface area contributed by atoms with Crippen LogP contribution in [0.5, 0.6) is 0 Å². The molecule has 0 atom stereocenters. The van der Waals surface area contributed by atoms with E-state index in [1.807, 2.05) is 4.90 Å². The Bertz CT molecular complexity index is 1030. The van der Waals surface area contributed by atoms with E-state index in [0.717, 1.165) is 32.0 Å². The third-order valence-electron chi connectivity index (χ3n) is 5.14. The van der Waals surface area contributed by atoms with Gasteiger partial charge in [0.05, 0.1) is 9.82 Å². The van der Waals surface area contributed by atoms with Crippen molar-refractivity contribution < 1.29 is 18.1 Å². The van der Waals surface area contributed by atoms with Gasteiger partial charge in [0, 0.05) is 36.0 Å². The molecule has 0 aromatic heterocycles. The van der Waals surface area contributed by atoms with Gasteiger partial charge in [-0.2, -0.15) is 0 Å². The SMILES string of the molecule is Cc1ccc(S(=O)(=O)Nc2ccc(C(=O)N3CCC(C)CC3)cc2)cc1[N+](=O)[O-]. The summed E-state index contributed by atoms with van der Waals surface area (Å²) in [6.45, 7) is 5.16. The van der Waals surface area contributed by atoms with Gasteiger partial charge in [0.1, 0.15) is 0 Å². The third kappa shape index (κ3) is 4.73. The number of hydrogen-bond acceptors (Lipinski definition) is 5. The van der Waals surface area contributed by atoms with E-state index in [4.69, 9.17) is 0 Å². The zero-order chi connectivity index (χ0) is 21.2. The van der Waals surface area contributed by atoms with Crippen molar-refractivity contribution in [2.45, 2.75) is 31.6 Å². The quantitative estimate of drug-likeness (QED) is 0.591. The summed E-state index contributed by atoms with van der Waals surface area (Å²) in [6.07, 6.45) is 1.96. The first-order valence-electron chi connectivity index (χ1n) is 9.34. The molecule has 1 aliphatic rings. The average molecular weight is 417 g/mol. The smallest absolute Gasteiger partial charge is 0.273 e. The highest BCUT2D eigenvalue weighted by Gasteiger charge is 2.22. The van der Waals surface area contributed by atoms with Crippen molar-refractivity contribution in [2.24, 2.45) is 5.92 Å². The molecule has 1 saturated heterocycles. The Morgan fingerprint density at radius 2 is 1.76 bits per heavy atom. The Morgan fingerprint density at radius 3 is 2.34 bits per heavy atom. The minimum Gasteiger partial charge on any atom is -0.339 e. The molecule has 0 saturated carbocycles. The number of sulfonamides is 1. The van der Waals surface area contributed by atoms with Crippen LogP contribution in [0.15, 0.2) is 47.4 Å². The molecular weight excluding hydrogens is 394 g/mol. The van der Waals surface area contributed by atoms with Crippen molar-refractivity contribution in [2.75, 3.05) is 17.8 Å². The minimum absolute atomic E-state index is 0.0690. The van der Waals surface area contributed by atoms with Crippen LogP contribution in [0, 0.1) is 23.0 Å². The van der Waals surface area contributed by atoms with Crippen LogP contribution in [-0.4, -0.2) is 37.2 Å². The van der Waals surface area contributed by atoms with Crippen molar-refractivity contribution in [1.82, 2.24) is 4.90 Å². The van der Waals surface area contributed by atoms with Crippen LogP contribution in [0.1, 0.15) is 35.7 Å². The van der Waals surface area contributed by atoms with Gasteiger partial charge in [0.25, 0.3) is 21.6 Å². The standard InChI is InChI=1S/C20H23N3O5S/c1-14-9-11-22(12-10-14)20(24)16-4-6-17(7-5-16)21-29(27,28)18-8-3-15(2)19(13-18)23(25)26/h3-8,13-14,21H,9-12H2,1-2H3. The third-order valence-corrected chi connectivity index (χ3v) is 6.52. The van der Waals surface area contributed by atoms with E-state index in [9.17, 15) is 23.3 Å². The van der Waals surface area contributed by atoms with Gasteiger partial charge in [-0.3, -0.25) is 19.6 Å². The number of hydrogen-bond donors (Lipinski definition) is 1. The van der Waals surface area contributed by atoms with Gasteiger partial charge >= 0.3 is 0 Å². The molecule has 1 fully saturated rings. The van der Waals surface area contributed by atoms with Crippen LogP contribution in [-0.2, 0) is 10.0 Å². The second kappa shape index (κ2) is 8.20. The summed E-state index contributed by atoms with van der Waals surface area (Å²) in [5.41, 5.74) is 0.888. The largest absolute Gasteiger partial charge is 0.339 e. The fourth-order valence-electron chi connectivity index (χ4n) is 3.24. The first-order chi connectivity index (χ1) is 13.7. The van der Waals surface area contributed by atoms with Crippen molar-refractivity contribution in [1.29, 1.82) is 0 Å². The molecule has 1 heterocycles. The Balaban J connectivity index is 1.74. The Morgan fingerprint density at radius 1 is 1.14 bits per heavy atom. The predicted octanol–water partition coefficient (Wildman–Crippen LogP) is 3.58. The fourth-order valence-corrected chi connectivity index (χ4v) is 4.32. The van der Waals surface area contributed by atoms with Gasteiger partial charge in [-0.25, -0.2) is 8.42 Å². The summed E-state index contributed by atoms with van der Waals surface area (Å²) in [5.74, 6) is 0.550. The van der Waals surface area contributed by atoms with Crippen molar-refractivity contribution in [3.8, 4) is 0 Å². The number of nitro groups is 1. The Labute approximate surface area is 169 Å². The van der Waals surface area contributed by atoms with Crippen LogP contribution in [0.25, 0.3) is 0 Å². The zero-order valence-corrected chi connectivity index (χ0v) is 17.1. The van der Waals surface area contributed by atoms with Crippen LogP contribution in [0.2, 0.25) is 0 Å². The number of benzene rings is 2. The molecular formula is C20H23N3O5S.